The summed E-state index contributed by atoms with van der Waals surface area (Å²) in [5, 5.41) is 6.46. The number of nitrogens with zero attached hydrogens (tertiary/aromatic N) is 1. The molecule has 0 aliphatic carbocycles. The van der Waals surface area contributed by atoms with Crippen LogP contribution < -0.4 is 10.0 Å². The van der Waals surface area contributed by atoms with E-state index in [2.05, 4.69) is 10.0 Å². The van der Waals surface area contributed by atoms with Gasteiger partial charge >= 0.3 is 0 Å². The molecule has 1 aromatic carbocycles. The zero-order valence-electron chi connectivity index (χ0n) is 15.6. The highest BCUT2D eigenvalue weighted by Gasteiger charge is 2.41. The molecule has 1 aliphatic rings. The number of carbonyl (C=O) groups excluding carboxylic acids is 1. The molecule has 3 aromatic rings. The van der Waals surface area contributed by atoms with E-state index in [9.17, 15) is 17.6 Å². The van der Waals surface area contributed by atoms with Crippen molar-refractivity contribution in [1.82, 2.24) is 9.03 Å². The molecule has 6 nitrogen and oxygen atoms in total. The summed E-state index contributed by atoms with van der Waals surface area (Å²) < 4.78 is 42.3. The molecule has 3 heterocycles. The zero-order valence-corrected chi connectivity index (χ0v) is 18.8. The maximum atomic E-state index is 13.4. The molecule has 2 aromatic heterocycles. The summed E-state index contributed by atoms with van der Waals surface area (Å²) in [7, 11) is -2.51. The average Bonchev–Trinajstić information content (AvgIpc) is 3.38. The number of rotatable bonds is 4. The molecule has 0 radical (unpaired) electrons. The molecule has 0 bridgehead atoms. The van der Waals surface area contributed by atoms with Crippen molar-refractivity contribution in [2.45, 2.75) is 18.5 Å². The van der Waals surface area contributed by atoms with E-state index < -0.39 is 34.0 Å². The van der Waals surface area contributed by atoms with Crippen LogP contribution in [0.15, 0.2) is 47.2 Å². The van der Waals surface area contributed by atoms with Gasteiger partial charge in [0, 0.05) is 28.1 Å². The highest BCUT2D eigenvalue weighted by atomic mass is 35.5. The number of anilines is 1. The molecule has 0 spiro atoms. The molecule has 0 unspecified atom stereocenters. The fourth-order valence-electron chi connectivity index (χ4n) is 3.20. The Morgan fingerprint density at radius 3 is 2.80 bits per heavy atom. The van der Waals surface area contributed by atoms with Crippen LogP contribution in [0, 0.1) is 5.82 Å². The zero-order chi connectivity index (χ0) is 21.5. The first-order valence-electron chi connectivity index (χ1n) is 8.88. The van der Waals surface area contributed by atoms with Gasteiger partial charge in [0.1, 0.15) is 11.9 Å². The van der Waals surface area contributed by atoms with Crippen molar-refractivity contribution in [3.05, 3.63) is 62.9 Å². The standard InChI is InChI=1S/C19H17ClFN3O3S3/c1-24-16(19(25)22-12-4-5-14(21)13(20)8-12)9-15(23-30(24,26)27)18-7-11(10-29-18)17-3-2-6-28-17/h2-8,10,15-16,23H,9H2,1H3,(H,22,25)/t15-,16+/m1/s1. The van der Waals surface area contributed by atoms with Crippen molar-refractivity contribution in [1.29, 1.82) is 0 Å². The highest BCUT2D eigenvalue weighted by Crippen LogP contribution is 2.36. The van der Waals surface area contributed by atoms with Gasteiger partial charge in [0.25, 0.3) is 10.2 Å². The second kappa shape index (κ2) is 8.37. The lowest BCUT2D eigenvalue weighted by Crippen LogP contribution is -2.55. The molecular formula is C19H17ClFN3O3S3. The van der Waals surface area contributed by atoms with Crippen molar-refractivity contribution in [3.8, 4) is 10.4 Å². The molecule has 4 rings (SSSR count). The molecule has 1 fully saturated rings. The molecule has 1 saturated heterocycles. The second-order valence-corrected chi connectivity index (χ2v) is 10.8. The quantitative estimate of drug-likeness (QED) is 0.571. The van der Waals surface area contributed by atoms with Gasteiger partial charge in [0.05, 0.1) is 11.1 Å². The summed E-state index contributed by atoms with van der Waals surface area (Å²) in [5.41, 5.74) is 1.31. The number of hydrogen-bond donors (Lipinski definition) is 2. The van der Waals surface area contributed by atoms with Crippen LogP contribution in [0.4, 0.5) is 10.1 Å². The van der Waals surface area contributed by atoms with Crippen LogP contribution in [0.1, 0.15) is 17.3 Å². The highest BCUT2D eigenvalue weighted by molar-refractivity contribution is 7.87. The Labute approximate surface area is 186 Å². The van der Waals surface area contributed by atoms with E-state index in [4.69, 9.17) is 11.6 Å². The smallest absolute Gasteiger partial charge is 0.280 e. The van der Waals surface area contributed by atoms with Crippen molar-refractivity contribution >= 4 is 56.1 Å². The number of thiophene rings is 2. The van der Waals surface area contributed by atoms with Crippen molar-refractivity contribution in [3.63, 3.8) is 0 Å². The Morgan fingerprint density at radius 2 is 2.10 bits per heavy atom. The van der Waals surface area contributed by atoms with Gasteiger partial charge in [-0.25, -0.2) is 4.39 Å². The molecule has 0 saturated carbocycles. The number of amides is 1. The number of carbonyl (C=O) groups is 1. The van der Waals surface area contributed by atoms with Gasteiger partial charge < -0.3 is 5.32 Å². The molecule has 30 heavy (non-hydrogen) atoms. The van der Waals surface area contributed by atoms with E-state index in [1.54, 1.807) is 11.3 Å². The predicted molar refractivity (Wildman–Crippen MR) is 119 cm³/mol. The topological polar surface area (TPSA) is 78.5 Å². The fourth-order valence-corrected chi connectivity index (χ4v) is 6.49. The lowest BCUT2D eigenvalue weighted by atomic mass is 10.0. The first-order valence-corrected chi connectivity index (χ1v) is 12.5. The van der Waals surface area contributed by atoms with Crippen molar-refractivity contribution < 1.29 is 17.6 Å². The van der Waals surface area contributed by atoms with Crippen molar-refractivity contribution in [2.75, 3.05) is 12.4 Å². The van der Waals surface area contributed by atoms with Gasteiger partial charge in [-0.05, 0) is 47.5 Å². The molecule has 2 atom stereocenters. The largest absolute Gasteiger partial charge is 0.325 e. The fraction of sp³-hybridized carbons (Fsp3) is 0.211. The van der Waals surface area contributed by atoms with E-state index in [1.165, 1.54) is 30.5 Å². The van der Waals surface area contributed by atoms with Gasteiger partial charge in [-0.3, -0.25) is 4.79 Å². The molecule has 11 heteroatoms. The number of halogens is 2. The van der Waals surface area contributed by atoms with Gasteiger partial charge in [0.15, 0.2) is 0 Å². The summed E-state index contributed by atoms with van der Waals surface area (Å²) in [5.74, 6) is -1.11. The maximum Gasteiger partial charge on any atom is 0.280 e. The van der Waals surface area contributed by atoms with E-state index in [0.29, 0.717) is 5.69 Å². The van der Waals surface area contributed by atoms with Crippen LogP contribution in [0.25, 0.3) is 10.4 Å². The third-order valence-corrected chi connectivity index (χ3v) is 8.68. The Balaban J connectivity index is 1.57. The summed E-state index contributed by atoms with van der Waals surface area (Å²) in [6.45, 7) is 0. The van der Waals surface area contributed by atoms with Gasteiger partial charge in [-0.15, -0.1) is 22.7 Å². The number of likely N-dealkylation sites (N-methyl/N-ethyl adjacent to an activating group) is 1. The molecular weight excluding hydrogens is 469 g/mol. The Kier molecular flexibility index (Phi) is 5.97. The monoisotopic (exact) mass is 485 g/mol. The first kappa shape index (κ1) is 21.4. The van der Waals surface area contributed by atoms with Crippen molar-refractivity contribution in [2.24, 2.45) is 0 Å². The van der Waals surface area contributed by atoms with Crippen LogP contribution in [0.5, 0.6) is 0 Å². The SMILES string of the molecule is CN1[C@H](C(=O)Nc2ccc(F)c(Cl)c2)C[C@H](c2cc(-c3cccs3)cs2)NS1(=O)=O. The molecule has 158 valence electrons. The molecule has 1 amide bonds. The lowest BCUT2D eigenvalue weighted by molar-refractivity contribution is -0.120. The number of benzene rings is 1. The van der Waals surface area contributed by atoms with Gasteiger partial charge in [-0.2, -0.15) is 17.4 Å². The van der Waals surface area contributed by atoms with E-state index >= 15 is 0 Å². The Bertz CT molecular complexity index is 1180. The summed E-state index contributed by atoms with van der Waals surface area (Å²) in [6, 6.07) is 8.24. The summed E-state index contributed by atoms with van der Waals surface area (Å²) >= 11 is 8.82. The summed E-state index contributed by atoms with van der Waals surface area (Å²) in [6.07, 6.45) is 0.251. The lowest BCUT2D eigenvalue weighted by Gasteiger charge is -2.35. The van der Waals surface area contributed by atoms with Crippen LogP contribution in [0.2, 0.25) is 5.02 Å². The van der Waals surface area contributed by atoms with E-state index in [1.807, 2.05) is 29.0 Å². The van der Waals surface area contributed by atoms with Gasteiger partial charge in [-0.1, -0.05) is 17.7 Å². The minimum absolute atomic E-state index is 0.128. The maximum absolute atomic E-state index is 13.4. The third-order valence-electron chi connectivity index (χ3n) is 4.83. The Morgan fingerprint density at radius 1 is 1.30 bits per heavy atom. The average molecular weight is 486 g/mol. The second-order valence-electron chi connectivity index (χ2n) is 6.78. The normalized spacial score (nSPS) is 21.4. The molecule has 1 aliphatic heterocycles. The minimum atomic E-state index is -3.86. The predicted octanol–water partition coefficient (Wildman–Crippen LogP) is 4.49. The summed E-state index contributed by atoms with van der Waals surface area (Å²) in [4.78, 5) is 14.8. The molecule has 2 N–H and O–H groups in total. The van der Waals surface area contributed by atoms with E-state index in [-0.39, 0.29) is 11.4 Å². The van der Waals surface area contributed by atoms with Gasteiger partial charge in [0.2, 0.25) is 5.91 Å². The van der Waals surface area contributed by atoms with Crippen LogP contribution in [0.3, 0.4) is 0 Å². The van der Waals surface area contributed by atoms with Crippen LogP contribution >= 0.6 is 34.3 Å². The minimum Gasteiger partial charge on any atom is -0.325 e. The Hall–Kier alpha value is -1.82. The first-order chi connectivity index (χ1) is 14.2. The third kappa shape index (κ3) is 4.29. The van der Waals surface area contributed by atoms with Crippen LogP contribution in [-0.4, -0.2) is 31.7 Å². The number of hydrogen-bond acceptors (Lipinski definition) is 5. The van der Waals surface area contributed by atoms with E-state index in [0.717, 1.165) is 25.7 Å². The number of nitrogens with one attached hydrogen (secondary N) is 2. The van der Waals surface area contributed by atoms with Crippen LogP contribution in [-0.2, 0) is 15.0 Å².